The van der Waals surface area contributed by atoms with Crippen LogP contribution in [0.15, 0.2) is 29.5 Å². The van der Waals surface area contributed by atoms with Gasteiger partial charge in [-0.05, 0) is 24.0 Å². The quantitative estimate of drug-likeness (QED) is 0.500. The van der Waals surface area contributed by atoms with Gasteiger partial charge in [-0.2, -0.15) is 5.26 Å². The molecule has 1 rings (SSSR count). The first kappa shape index (κ1) is 14.0. The summed E-state index contributed by atoms with van der Waals surface area (Å²) >= 11 is 0. The maximum Gasteiger partial charge on any atom is 0.211 e. The van der Waals surface area contributed by atoms with E-state index in [1.54, 1.807) is 18.6 Å². The summed E-state index contributed by atoms with van der Waals surface area (Å²) < 4.78 is 0. The number of pyridine rings is 1. The van der Waals surface area contributed by atoms with Crippen molar-refractivity contribution >= 4 is 11.6 Å². The Balaban J connectivity index is 3.05. The molecule has 0 saturated heterocycles. The van der Waals surface area contributed by atoms with E-state index in [9.17, 15) is 0 Å². The van der Waals surface area contributed by atoms with Gasteiger partial charge < -0.3 is 10.6 Å². The highest BCUT2D eigenvalue weighted by atomic mass is 15.3. The largest absolute Gasteiger partial charge is 0.369 e. The maximum absolute atomic E-state index is 8.63. The molecule has 1 aromatic heterocycles. The van der Waals surface area contributed by atoms with Crippen LogP contribution in [0.2, 0.25) is 0 Å². The number of nitriles is 1. The number of aliphatic imine (C=N–C) groups is 1. The molecule has 0 aliphatic rings. The zero-order valence-electron chi connectivity index (χ0n) is 11.1. The van der Waals surface area contributed by atoms with Crippen molar-refractivity contribution in [2.45, 2.75) is 27.2 Å². The van der Waals surface area contributed by atoms with Gasteiger partial charge in [0.05, 0.1) is 0 Å². The highest BCUT2D eigenvalue weighted by Crippen LogP contribution is 2.24. The lowest BCUT2D eigenvalue weighted by Gasteiger charge is -2.32. The second kappa shape index (κ2) is 6.01. The smallest absolute Gasteiger partial charge is 0.211 e. The minimum atomic E-state index is 0.0822. The number of nitrogens with zero attached hydrogens (tertiary/aromatic N) is 4. The molecule has 0 bridgehead atoms. The van der Waals surface area contributed by atoms with Crippen molar-refractivity contribution in [3.05, 3.63) is 24.5 Å². The van der Waals surface area contributed by atoms with Crippen molar-refractivity contribution in [3.63, 3.8) is 0 Å². The third kappa shape index (κ3) is 3.74. The molecule has 5 nitrogen and oxygen atoms in total. The van der Waals surface area contributed by atoms with E-state index in [-0.39, 0.29) is 11.4 Å². The van der Waals surface area contributed by atoms with Crippen molar-refractivity contribution < 1.29 is 0 Å². The molecule has 0 aliphatic carbocycles. The van der Waals surface area contributed by atoms with Gasteiger partial charge in [0, 0.05) is 24.6 Å². The van der Waals surface area contributed by atoms with Gasteiger partial charge >= 0.3 is 0 Å². The van der Waals surface area contributed by atoms with Crippen LogP contribution in [0.1, 0.15) is 27.2 Å². The normalized spacial score (nSPS) is 12.0. The van der Waals surface area contributed by atoms with E-state index in [1.807, 2.05) is 17.0 Å². The van der Waals surface area contributed by atoms with Gasteiger partial charge in [-0.3, -0.25) is 4.98 Å². The molecule has 0 atom stereocenters. The van der Waals surface area contributed by atoms with Crippen LogP contribution in [0.4, 0.5) is 5.69 Å². The summed E-state index contributed by atoms with van der Waals surface area (Å²) in [5.41, 5.74) is 6.83. The summed E-state index contributed by atoms with van der Waals surface area (Å²) in [5, 5.41) is 8.63. The van der Waals surface area contributed by atoms with Crippen LogP contribution in [0.3, 0.4) is 0 Å². The average Bonchev–Trinajstić information content (AvgIpc) is 2.37. The van der Waals surface area contributed by atoms with E-state index in [2.05, 4.69) is 30.7 Å². The Bertz CT molecular complexity index is 444. The molecular weight excluding hydrogens is 226 g/mol. The molecule has 18 heavy (non-hydrogen) atoms. The molecule has 0 radical (unpaired) electrons. The van der Waals surface area contributed by atoms with Crippen LogP contribution < -0.4 is 10.6 Å². The summed E-state index contributed by atoms with van der Waals surface area (Å²) in [6.07, 6.45) is 6.13. The summed E-state index contributed by atoms with van der Waals surface area (Å²) in [5.74, 6) is 0.213. The summed E-state index contributed by atoms with van der Waals surface area (Å²) in [7, 11) is 0. The topological polar surface area (TPSA) is 78.3 Å². The molecule has 2 N–H and O–H groups in total. The van der Waals surface area contributed by atoms with E-state index in [0.717, 1.165) is 12.1 Å². The lowest BCUT2D eigenvalue weighted by atomic mass is 9.89. The fraction of sp³-hybridized carbons (Fsp3) is 0.462. The minimum Gasteiger partial charge on any atom is -0.369 e. The Morgan fingerprint density at radius 3 is 2.61 bits per heavy atom. The van der Waals surface area contributed by atoms with Gasteiger partial charge in [0.15, 0.2) is 0 Å². The number of anilines is 1. The first-order valence-electron chi connectivity index (χ1n) is 5.90. The number of aromatic nitrogens is 1. The third-order valence-corrected chi connectivity index (χ3v) is 2.96. The Morgan fingerprint density at radius 1 is 1.50 bits per heavy atom. The number of nitrogens with two attached hydrogens (primary N) is 1. The van der Waals surface area contributed by atoms with E-state index in [0.29, 0.717) is 6.54 Å². The van der Waals surface area contributed by atoms with Gasteiger partial charge in [-0.1, -0.05) is 20.8 Å². The predicted octanol–water partition coefficient (Wildman–Crippen LogP) is 2.12. The van der Waals surface area contributed by atoms with Gasteiger partial charge in [-0.25, -0.2) is 0 Å². The predicted molar refractivity (Wildman–Crippen MR) is 72.9 cm³/mol. The number of hydrogen-bond acceptors (Lipinski definition) is 3. The first-order chi connectivity index (χ1) is 8.50. The van der Waals surface area contributed by atoms with E-state index < -0.39 is 0 Å². The van der Waals surface area contributed by atoms with Crippen molar-refractivity contribution in [2.24, 2.45) is 16.1 Å². The van der Waals surface area contributed by atoms with Crippen LogP contribution in [0.5, 0.6) is 0 Å². The fourth-order valence-corrected chi connectivity index (χ4v) is 1.48. The van der Waals surface area contributed by atoms with E-state index in [1.165, 1.54) is 0 Å². The van der Waals surface area contributed by atoms with Gasteiger partial charge in [0.25, 0.3) is 0 Å². The summed E-state index contributed by atoms with van der Waals surface area (Å²) in [4.78, 5) is 9.44. The molecule has 0 fully saturated rings. The summed E-state index contributed by atoms with van der Waals surface area (Å²) in [6.45, 7) is 7.13. The zero-order chi connectivity index (χ0) is 13.6. The van der Waals surface area contributed by atoms with Gasteiger partial charge in [0.1, 0.15) is 0 Å². The Kier molecular flexibility index (Phi) is 4.67. The van der Waals surface area contributed by atoms with Crippen molar-refractivity contribution in [1.29, 1.82) is 5.26 Å². The monoisotopic (exact) mass is 245 g/mol. The van der Waals surface area contributed by atoms with Crippen molar-refractivity contribution in [1.82, 2.24) is 4.98 Å². The molecule has 0 amide bonds. The Morgan fingerprint density at radius 2 is 2.11 bits per heavy atom. The number of hydrogen-bond donors (Lipinski definition) is 1. The van der Waals surface area contributed by atoms with Gasteiger partial charge in [-0.15, -0.1) is 4.99 Å². The maximum atomic E-state index is 8.63. The highest BCUT2D eigenvalue weighted by Gasteiger charge is 2.22. The third-order valence-electron chi connectivity index (χ3n) is 2.96. The number of rotatable bonds is 4. The molecule has 0 aromatic carbocycles. The molecule has 0 saturated carbocycles. The van der Waals surface area contributed by atoms with Crippen LogP contribution in [0.25, 0.3) is 0 Å². The minimum absolute atomic E-state index is 0.0822. The fourth-order valence-electron chi connectivity index (χ4n) is 1.48. The molecule has 1 heterocycles. The molecule has 0 unspecified atom stereocenters. The number of guanidine groups is 1. The molecule has 1 aromatic rings. The van der Waals surface area contributed by atoms with Crippen LogP contribution in [-0.4, -0.2) is 17.5 Å². The summed E-state index contributed by atoms with van der Waals surface area (Å²) in [6, 6.07) is 3.71. The highest BCUT2D eigenvalue weighted by molar-refractivity contribution is 5.95. The SMILES string of the molecule is CCC(C)(C)CN(C(N)=NC#N)c1ccncc1. The van der Waals surface area contributed by atoms with E-state index in [4.69, 9.17) is 11.0 Å². The molecular formula is C13H19N5. The van der Waals surface area contributed by atoms with Crippen LogP contribution >= 0.6 is 0 Å². The van der Waals surface area contributed by atoms with E-state index >= 15 is 0 Å². The average molecular weight is 245 g/mol. The Labute approximate surface area is 108 Å². The second-order valence-electron chi connectivity index (χ2n) is 4.88. The molecule has 96 valence electrons. The van der Waals surface area contributed by atoms with Crippen molar-refractivity contribution in [3.8, 4) is 6.19 Å². The zero-order valence-corrected chi connectivity index (χ0v) is 11.1. The van der Waals surface area contributed by atoms with Crippen molar-refractivity contribution in [2.75, 3.05) is 11.4 Å². The van der Waals surface area contributed by atoms with Crippen LogP contribution in [0, 0.1) is 16.9 Å². The van der Waals surface area contributed by atoms with Crippen LogP contribution in [-0.2, 0) is 0 Å². The second-order valence-corrected chi connectivity index (χ2v) is 4.88. The standard InChI is InChI=1S/C13H19N5/c1-4-13(2,3)9-18(12(15)17-10-14)11-5-7-16-8-6-11/h5-8H,4,9H2,1-3H3,(H2,15,17). The lowest BCUT2D eigenvalue weighted by Crippen LogP contribution is -2.43. The molecule has 5 heteroatoms. The first-order valence-corrected chi connectivity index (χ1v) is 5.90. The molecule has 0 aliphatic heterocycles. The Hall–Kier alpha value is -2.09. The lowest BCUT2D eigenvalue weighted by molar-refractivity contribution is 0.364. The van der Waals surface area contributed by atoms with Gasteiger partial charge in [0.2, 0.25) is 12.2 Å². The molecule has 0 spiro atoms.